The van der Waals surface area contributed by atoms with Crippen LogP contribution in [0.3, 0.4) is 0 Å². The molecule has 1 saturated carbocycles. The second-order valence-corrected chi connectivity index (χ2v) is 6.24. The predicted molar refractivity (Wildman–Crippen MR) is 94.6 cm³/mol. The third-order valence-electron chi connectivity index (χ3n) is 4.06. The maximum atomic E-state index is 12.4. The van der Waals surface area contributed by atoms with Crippen molar-refractivity contribution in [1.29, 1.82) is 0 Å². The molecule has 7 heteroatoms. The molecule has 1 aliphatic rings. The summed E-state index contributed by atoms with van der Waals surface area (Å²) in [5, 5.41) is 9.76. The molecule has 1 fully saturated rings. The normalized spacial score (nSPS) is 14.6. The van der Waals surface area contributed by atoms with Crippen LogP contribution in [-0.2, 0) is 9.59 Å². The fourth-order valence-electron chi connectivity index (χ4n) is 2.51. The maximum absolute atomic E-state index is 12.4. The monoisotopic (exact) mass is 340 g/mol. The average molecular weight is 340 g/mol. The Morgan fingerprint density at radius 2 is 1.68 bits per heavy atom. The Hall–Kier alpha value is -2.96. The van der Waals surface area contributed by atoms with Crippen molar-refractivity contribution in [2.45, 2.75) is 38.6 Å². The van der Waals surface area contributed by atoms with Gasteiger partial charge in [0.15, 0.2) is 0 Å². The van der Waals surface area contributed by atoms with Crippen LogP contribution in [0.5, 0.6) is 0 Å². The van der Waals surface area contributed by atoms with E-state index in [2.05, 4.69) is 15.7 Å². The highest BCUT2D eigenvalue weighted by Gasteiger charge is 2.27. The molecular formula is C18H20N4O3. The van der Waals surface area contributed by atoms with Crippen LogP contribution in [-0.4, -0.2) is 21.6 Å². The van der Waals surface area contributed by atoms with Crippen molar-refractivity contribution >= 4 is 23.2 Å². The van der Waals surface area contributed by atoms with E-state index in [1.807, 2.05) is 0 Å². The van der Waals surface area contributed by atoms with Crippen molar-refractivity contribution in [1.82, 2.24) is 9.78 Å². The Balaban J connectivity index is 1.71. The molecule has 1 aromatic carbocycles. The first-order valence-electron chi connectivity index (χ1n) is 8.22. The number of anilines is 2. The lowest BCUT2D eigenvalue weighted by molar-refractivity contribution is -0.119. The van der Waals surface area contributed by atoms with Gasteiger partial charge in [-0.2, -0.15) is 5.10 Å². The first-order valence-corrected chi connectivity index (χ1v) is 8.22. The minimum absolute atomic E-state index is 0.161. The molecule has 1 unspecified atom stereocenters. The molecule has 7 nitrogen and oxygen atoms in total. The molecule has 3 rings (SSSR count). The smallest absolute Gasteiger partial charge is 0.267 e. The molecule has 2 amide bonds. The number of aromatic nitrogens is 2. The zero-order valence-electron chi connectivity index (χ0n) is 14.2. The van der Waals surface area contributed by atoms with E-state index in [-0.39, 0.29) is 17.4 Å². The van der Waals surface area contributed by atoms with E-state index in [1.165, 1.54) is 17.7 Å². The lowest BCUT2D eigenvalue weighted by atomic mass is 10.2. The fourth-order valence-corrected chi connectivity index (χ4v) is 2.51. The summed E-state index contributed by atoms with van der Waals surface area (Å²) in [6, 6.07) is 9.24. The van der Waals surface area contributed by atoms with Crippen LogP contribution in [0.15, 0.2) is 41.2 Å². The van der Waals surface area contributed by atoms with E-state index < -0.39 is 6.04 Å². The SMILES string of the molecule is CC(=O)Nc1ccc(NC(=O)C(C)n2nc(C3CC3)ccc2=O)cc1. The van der Waals surface area contributed by atoms with Gasteiger partial charge in [0.05, 0.1) is 5.69 Å². The Kier molecular flexibility index (Phi) is 4.65. The number of carbonyl (C=O) groups excluding carboxylic acids is 2. The van der Waals surface area contributed by atoms with Gasteiger partial charge in [-0.25, -0.2) is 4.68 Å². The Bertz CT molecular complexity index is 853. The van der Waals surface area contributed by atoms with E-state index in [9.17, 15) is 14.4 Å². The van der Waals surface area contributed by atoms with Crippen molar-refractivity contribution < 1.29 is 9.59 Å². The summed E-state index contributed by atoms with van der Waals surface area (Å²) < 4.78 is 1.23. The third-order valence-corrected chi connectivity index (χ3v) is 4.06. The number of hydrogen-bond donors (Lipinski definition) is 2. The molecule has 2 aromatic rings. The van der Waals surface area contributed by atoms with Gasteiger partial charge in [0.25, 0.3) is 5.56 Å². The molecule has 1 aromatic heterocycles. The van der Waals surface area contributed by atoms with Crippen LogP contribution < -0.4 is 16.2 Å². The molecule has 130 valence electrons. The van der Waals surface area contributed by atoms with E-state index in [0.29, 0.717) is 17.3 Å². The van der Waals surface area contributed by atoms with Gasteiger partial charge in [0.1, 0.15) is 6.04 Å². The molecule has 0 radical (unpaired) electrons. The van der Waals surface area contributed by atoms with Crippen molar-refractivity contribution in [2.24, 2.45) is 0 Å². The molecule has 25 heavy (non-hydrogen) atoms. The van der Waals surface area contributed by atoms with Gasteiger partial charge < -0.3 is 10.6 Å². The molecule has 1 aliphatic carbocycles. The molecule has 1 heterocycles. The highest BCUT2D eigenvalue weighted by Crippen LogP contribution is 2.38. The van der Waals surface area contributed by atoms with Crippen LogP contribution >= 0.6 is 0 Å². The third kappa shape index (κ3) is 4.12. The topological polar surface area (TPSA) is 93.1 Å². The van der Waals surface area contributed by atoms with E-state index >= 15 is 0 Å². The second kappa shape index (κ2) is 6.88. The number of hydrogen-bond acceptors (Lipinski definition) is 4. The number of rotatable bonds is 5. The molecule has 0 saturated heterocycles. The maximum Gasteiger partial charge on any atom is 0.267 e. The zero-order chi connectivity index (χ0) is 18.0. The molecule has 0 spiro atoms. The van der Waals surface area contributed by atoms with Gasteiger partial charge in [-0.15, -0.1) is 0 Å². The Labute approximate surface area is 145 Å². The van der Waals surface area contributed by atoms with E-state index in [0.717, 1.165) is 18.5 Å². The van der Waals surface area contributed by atoms with Gasteiger partial charge in [-0.05, 0) is 50.1 Å². The predicted octanol–water partition coefficient (Wildman–Crippen LogP) is 2.28. The lowest BCUT2D eigenvalue weighted by Gasteiger charge is -2.15. The van der Waals surface area contributed by atoms with Gasteiger partial charge in [-0.1, -0.05) is 0 Å². The molecule has 2 N–H and O–H groups in total. The Morgan fingerprint density at radius 3 is 2.24 bits per heavy atom. The van der Waals surface area contributed by atoms with Gasteiger partial charge in [-0.3, -0.25) is 14.4 Å². The largest absolute Gasteiger partial charge is 0.326 e. The van der Waals surface area contributed by atoms with Crippen molar-refractivity contribution in [2.75, 3.05) is 10.6 Å². The molecular weight excluding hydrogens is 320 g/mol. The summed E-state index contributed by atoms with van der Waals surface area (Å²) in [7, 11) is 0. The first-order chi connectivity index (χ1) is 11.9. The van der Waals surface area contributed by atoms with Crippen LogP contribution in [0.1, 0.15) is 44.3 Å². The van der Waals surface area contributed by atoms with Crippen LogP contribution in [0.4, 0.5) is 11.4 Å². The minimum Gasteiger partial charge on any atom is -0.326 e. The van der Waals surface area contributed by atoms with Crippen LogP contribution in [0.25, 0.3) is 0 Å². The second-order valence-electron chi connectivity index (χ2n) is 6.24. The Morgan fingerprint density at radius 1 is 1.08 bits per heavy atom. The van der Waals surface area contributed by atoms with E-state index in [1.54, 1.807) is 37.3 Å². The quantitative estimate of drug-likeness (QED) is 0.873. The van der Waals surface area contributed by atoms with E-state index in [4.69, 9.17) is 0 Å². The molecule has 0 bridgehead atoms. The van der Waals surface area contributed by atoms with Crippen molar-refractivity contribution in [3.63, 3.8) is 0 Å². The minimum atomic E-state index is -0.721. The first kappa shape index (κ1) is 16.9. The van der Waals surface area contributed by atoms with Crippen molar-refractivity contribution in [3.05, 3.63) is 52.4 Å². The summed E-state index contributed by atoms with van der Waals surface area (Å²) >= 11 is 0. The highest BCUT2D eigenvalue weighted by molar-refractivity contribution is 5.94. The van der Waals surface area contributed by atoms with Crippen LogP contribution in [0.2, 0.25) is 0 Å². The summed E-state index contributed by atoms with van der Waals surface area (Å²) in [5.41, 5.74) is 1.79. The molecule has 1 atom stereocenters. The zero-order valence-corrected chi connectivity index (χ0v) is 14.2. The van der Waals surface area contributed by atoms with Crippen molar-refractivity contribution in [3.8, 4) is 0 Å². The van der Waals surface area contributed by atoms with Gasteiger partial charge in [0.2, 0.25) is 11.8 Å². The number of benzene rings is 1. The summed E-state index contributed by atoms with van der Waals surface area (Å²) in [5.74, 6) is -0.0790. The summed E-state index contributed by atoms with van der Waals surface area (Å²) in [4.78, 5) is 35.5. The highest BCUT2D eigenvalue weighted by atomic mass is 16.2. The average Bonchev–Trinajstić information content (AvgIpc) is 3.41. The van der Waals surface area contributed by atoms with Crippen LogP contribution in [0, 0.1) is 0 Å². The number of amides is 2. The number of nitrogens with one attached hydrogen (secondary N) is 2. The fraction of sp³-hybridized carbons (Fsp3) is 0.333. The number of carbonyl (C=O) groups is 2. The summed E-state index contributed by atoms with van der Waals surface area (Å²) in [6.07, 6.45) is 2.15. The van der Waals surface area contributed by atoms with Gasteiger partial charge in [0, 0.05) is 30.3 Å². The number of nitrogens with zero attached hydrogens (tertiary/aromatic N) is 2. The lowest BCUT2D eigenvalue weighted by Crippen LogP contribution is -2.33. The standard InChI is InChI=1S/C18H20N4O3/c1-11(22-17(24)10-9-16(21-22)13-3-4-13)18(25)20-15-7-5-14(6-8-15)19-12(2)23/h5-11,13H,3-4H2,1-2H3,(H,19,23)(H,20,25). The van der Waals surface area contributed by atoms with Gasteiger partial charge >= 0.3 is 0 Å². The molecule has 0 aliphatic heterocycles. The summed E-state index contributed by atoms with van der Waals surface area (Å²) in [6.45, 7) is 3.07.